The average molecular weight is 398 g/mol. The van der Waals surface area contributed by atoms with Crippen LogP contribution in [0.25, 0.3) is 0 Å². The fourth-order valence-corrected chi connectivity index (χ4v) is 5.43. The van der Waals surface area contributed by atoms with E-state index in [0.29, 0.717) is 28.8 Å². The molecule has 3 aliphatic rings. The smallest absolute Gasteiger partial charge is 0.276 e. The van der Waals surface area contributed by atoms with E-state index in [1.54, 1.807) is 18.2 Å². The van der Waals surface area contributed by atoms with Crippen molar-refractivity contribution in [2.45, 2.75) is 52.7 Å². The van der Waals surface area contributed by atoms with Crippen molar-refractivity contribution in [1.29, 1.82) is 0 Å². The number of carbonyl (C=O) groups is 1. The number of carbonyl (C=O) groups excluding carboxylic acids is 1. The van der Waals surface area contributed by atoms with Crippen LogP contribution >= 0.6 is 0 Å². The van der Waals surface area contributed by atoms with Gasteiger partial charge >= 0.3 is 0 Å². The molecule has 7 heteroatoms. The van der Waals surface area contributed by atoms with Crippen LogP contribution in [0.4, 0.5) is 0 Å². The van der Waals surface area contributed by atoms with Crippen LogP contribution in [0.2, 0.25) is 0 Å². The Kier molecular flexibility index (Phi) is 4.05. The molecule has 1 amide bonds. The zero-order valence-electron chi connectivity index (χ0n) is 17.1. The maximum absolute atomic E-state index is 13.1. The van der Waals surface area contributed by atoms with Crippen molar-refractivity contribution in [3.8, 4) is 17.2 Å². The van der Waals surface area contributed by atoms with Gasteiger partial charge in [-0.1, -0.05) is 20.8 Å². The van der Waals surface area contributed by atoms with Gasteiger partial charge in [-0.2, -0.15) is 0 Å². The molecular weight excluding hydrogens is 372 g/mol. The van der Waals surface area contributed by atoms with Gasteiger partial charge in [-0.05, 0) is 42.2 Å². The van der Waals surface area contributed by atoms with Crippen LogP contribution in [-0.2, 0) is 6.61 Å². The van der Waals surface area contributed by atoms with Crippen molar-refractivity contribution in [3.63, 3.8) is 0 Å². The molecule has 5 rings (SSSR count). The van der Waals surface area contributed by atoms with E-state index < -0.39 is 0 Å². The maximum Gasteiger partial charge on any atom is 0.276 e. The average Bonchev–Trinajstić information content (AvgIpc) is 3.35. The Hall–Kier alpha value is -2.70. The van der Waals surface area contributed by atoms with E-state index in [2.05, 4.69) is 25.8 Å². The fraction of sp³-hybridized carbons (Fsp3) is 0.545. The molecule has 154 valence electrons. The largest absolute Gasteiger partial charge is 0.484 e. The van der Waals surface area contributed by atoms with E-state index >= 15 is 0 Å². The molecule has 7 nitrogen and oxygen atoms in total. The Morgan fingerprint density at radius 2 is 2.07 bits per heavy atom. The third-order valence-corrected chi connectivity index (χ3v) is 6.15. The standard InChI is InChI=1S/C22H26N2O5/c1-21(2)7-14-8-22(3,11-21)12-24(14)20(25)16-9-27-19(23-16)10-26-15-4-5-17-18(6-15)29-13-28-17/h4-6,9,14H,7-8,10-13H2,1-3H3/t14-,22-/m1/s1. The van der Waals surface area contributed by atoms with Gasteiger partial charge in [-0.3, -0.25) is 4.79 Å². The summed E-state index contributed by atoms with van der Waals surface area (Å²) in [5, 5.41) is 0. The van der Waals surface area contributed by atoms with Gasteiger partial charge < -0.3 is 23.5 Å². The predicted octanol–water partition coefficient (Wildman–Crippen LogP) is 4.02. The van der Waals surface area contributed by atoms with Crippen LogP contribution in [0.3, 0.4) is 0 Å². The summed E-state index contributed by atoms with van der Waals surface area (Å²) in [5.74, 6) is 2.31. The maximum atomic E-state index is 13.1. The molecule has 0 radical (unpaired) electrons. The van der Waals surface area contributed by atoms with Crippen molar-refractivity contribution in [2.24, 2.45) is 10.8 Å². The highest BCUT2D eigenvalue weighted by molar-refractivity contribution is 5.92. The lowest BCUT2D eigenvalue weighted by atomic mass is 9.65. The molecule has 1 aromatic carbocycles. The highest BCUT2D eigenvalue weighted by Crippen LogP contribution is 2.52. The van der Waals surface area contributed by atoms with Crippen LogP contribution in [0.5, 0.6) is 17.2 Å². The quantitative estimate of drug-likeness (QED) is 0.774. The molecular formula is C22H26N2O5. The number of likely N-dealkylation sites (tertiary alicyclic amines) is 1. The van der Waals surface area contributed by atoms with Gasteiger partial charge in [0.1, 0.15) is 12.0 Å². The summed E-state index contributed by atoms with van der Waals surface area (Å²) in [6.07, 6.45) is 4.69. The summed E-state index contributed by atoms with van der Waals surface area (Å²) in [5.41, 5.74) is 0.806. The topological polar surface area (TPSA) is 74.0 Å². The van der Waals surface area contributed by atoms with Gasteiger partial charge in [0.25, 0.3) is 5.91 Å². The highest BCUT2D eigenvalue weighted by atomic mass is 16.7. The van der Waals surface area contributed by atoms with Crippen LogP contribution in [0, 0.1) is 10.8 Å². The van der Waals surface area contributed by atoms with Crippen molar-refractivity contribution in [3.05, 3.63) is 36.0 Å². The van der Waals surface area contributed by atoms with Gasteiger partial charge in [-0.15, -0.1) is 0 Å². The number of fused-ring (bicyclic) bond motifs is 3. The Labute approximate surface area is 169 Å². The van der Waals surface area contributed by atoms with Crippen LogP contribution in [0.1, 0.15) is 56.4 Å². The van der Waals surface area contributed by atoms with Crippen molar-refractivity contribution in [2.75, 3.05) is 13.3 Å². The second kappa shape index (κ2) is 6.40. The molecule has 0 N–H and O–H groups in total. The van der Waals surface area contributed by atoms with Crippen molar-refractivity contribution >= 4 is 5.91 Å². The zero-order valence-corrected chi connectivity index (χ0v) is 17.1. The number of aromatic nitrogens is 1. The minimum absolute atomic E-state index is 0.0468. The van der Waals surface area contributed by atoms with E-state index in [1.807, 2.05) is 4.90 Å². The molecule has 2 aliphatic heterocycles. The van der Waals surface area contributed by atoms with E-state index in [4.69, 9.17) is 18.6 Å². The molecule has 29 heavy (non-hydrogen) atoms. The first-order valence-corrected chi connectivity index (χ1v) is 10.1. The molecule has 0 spiro atoms. The summed E-state index contributed by atoms with van der Waals surface area (Å²) in [7, 11) is 0. The lowest BCUT2D eigenvalue weighted by Crippen LogP contribution is -2.37. The van der Waals surface area contributed by atoms with Crippen LogP contribution < -0.4 is 14.2 Å². The molecule has 1 aromatic heterocycles. The molecule has 1 saturated heterocycles. The summed E-state index contributed by atoms with van der Waals surface area (Å²) in [4.78, 5) is 19.5. The summed E-state index contributed by atoms with van der Waals surface area (Å²) < 4.78 is 21.9. The van der Waals surface area contributed by atoms with E-state index in [0.717, 1.165) is 25.8 Å². The predicted molar refractivity (Wildman–Crippen MR) is 104 cm³/mol. The van der Waals surface area contributed by atoms with Gasteiger partial charge in [0, 0.05) is 18.7 Å². The Morgan fingerprint density at radius 3 is 2.93 bits per heavy atom. The van der Waals surface area contributed by atoms with E-state index in [9.17, 15) is 4.79 Å². The van der Waals surface area contributed by atoms with Gasteiger partial charge in [-0.25, -0.2) is 4.98 Å². The molecule has 1 saturated carbocycles. The first kappa shape index (κ1) is 18.3. The number of nitrogens with zero attached hydrogens (tertiary/aromatic N) is 2. The minimum Gasteiger partial charge on any atom is -0.484 e. The number of ether oxygens (including phenoxy) is 3. The molecule has 2 aromatic rings. The number of benzene rings is 1. The second-order valence-electron chi connectivity index (χ2n) is 9.58. The molecule has 2 bridgehead atoms. The van der Waals surface area contributed by atoms with Gasteiger partial charge in [0.05, 0.1) is 0 Å². The Morgan fingerprint density at radius 1 is 1.24 bits per heavy atom. The molecule has 2 fully saturated rings. The third kappa shape index (κ3) is 3.43. The fourth-order valence-electron chi connectivity index (χ4n) is 5.43. The Bertz CT molecular complexity index is 952. The summed E-state index contributed by atoms with van der Waals surface area (Å²) in [6, 6.07) is 5.65. The number of oxazole rings is 1. The SMILES string of the molecule is CC1(C)C[C@@H]2C[C@@](C)(CN2C(=O)c2coc(COc3ccc4c(c3)OCO4)n2)C1. The normalized spacial score (nSPS) is 26.6. The lowest BCUT2D eigenvalue weighted by Gasteiger charge is -2.39. The molecule has 3 heterocycles. The molecule has 2 atom stereocenters. The lowest BCUT2D eigenvalue weighted by molar-refractivity contribution is 0.0702. The van der Waals surface area contributed by atoms with Crippen molar-refractivity contribution in [1.82, 2.24) is 9.88 Å². The number of hydrogen-bond donors (Lipinski definition) is 0. The number of amides is 1. The number of hydrogen-bond acceptors (Lipinski definition) is 6. The molecule has 1 aliphatic carbocycles. The Balaban J connectivity index is 1.25. The summed E-state index contributed by atoms with van der Waals surface area (Å²) >= 11 is 0. The highest BCUT2D eigenvalue weighted by Gasteiger charge is 2.51. The second-order valence-corrected chi connectivity index (χ2v) is 9.58. The van der Waals surface area contributed by atoms with Crippen molar-refractivity contribution < 1.29 is 23.4 Å². The first-order valence-electron chi connectivity index (χ1n) is 10.1. The zero-order chi connectivity index (χ0) is 20.2. The van der Waals surface area contributed by atoms with E-state index in [-0.39, 0.29) is 36.2 Å². The van der Waals surface area contributed by atoms with Crippen LogP contribution in [-0.4, -0.2) is 35.2 Å². The van der Waals surface area contributed by atoms with Crippen LogP contribution in [0.15, 0.2) is 28.9 Å². The van der Waals surface area contributed by atoms with E-state index in [1.165, 1.54) is 6.26 Å². The molecule has 0 unspecified atom stereocenters. The third-order valence-electron chi connectivity index (χ3n) is 6.15. The monoisotopic (exact) mass is 398 g/mol. The van der Waals surface area contributed by atoms with Gasteiger partial charge in [0.2, 0.25) is 12.7 Å². The number of rotatable bonds is 4. The first-order chi connectivity index (χ1) is 13.8. The minimum atomic E-state index is -0.0468. The summed E-state index contributed by atoms with van der Waals surface area (Å²) in [6.45, 7) is 8.04. The van der Waals surface area contributed by atoms with Gasteiger partial charge in [0.15, 0.2) is 23.8 Å².